The normalized spacial score (nSPS) is 22.1. The molecule has 0 saturated carbocycles. The van der Waals surface area contributed by atoms with E-state index in [1.165, 1.54) is 24.6 Å². The van der Waals surface area contributed by atoms with Crippen LogP contribution in [0, 0.1) is 0 Å². The molecule has 1 saturated heterocycles. The smallest absolute Gasteiger partial charge is 0.134 e. The van der Waals surface area contributed by atoms with Crippen molar-refractivity contribution in [3.05, 3.63) is 36.1 Å². The van der Waals surface area contributed by atoms with Crippen LogP contribution in [0.4, 0.5) is 0 Å². The maximum absolute atomic E-state index is 6.02. The van der Waals surface area contributed by atoms with Gasteiger partial charge in [0.25, 0.3) is 0 Å². The number of benzene rings is 1. The SMILES string of the molecule is CC(c1cc2ccccc2o1)N(C)C1CCCNCC1. The van der Waals surface area contributed by atoms with E-state index in [2.05, 4.69) is 42.4 Å². The van der Waals surface area contributed by atoms with E-state index in [9.17, 15) is 0 Å². The molecule has 0 spiro atoms. The van der Waals surface area contributed by atoms with Crippen molar-refractivity contribution in [2.24, 2.45) is 0 Å². The molecule has 2 heterocycles. The Morgan fingerprint density at radius 3 is 2.95 bits per heavy atom. The number of fused-ring (bicyclic) bond motifs is 1. The third-order valence-electron chi connectivity index (χ3n) is 4.59. The van der Waals surface area contributed by atoms with E-state index < -0.39 is 0 Å². The standard InChI is InChI=1S/C17H24N2O/c1-13(19(2)15-7-5-10-18-11-9-15)17-12-14-6-3-4-8-16(14)20-17/h3-4,6,8,12-13,15,18H,5,7,9-11H2,1-2H3. The molecule has 0 amide bonds. The highest BCUT2D eigenvalue weighted by atomic mass is 16.3. The molecule has 20 heavy (non-hydrogen) atoms. The van der Waals surface area contributed by atoms with Gasteiger partial charge in [0.05, 0.1) is 6.04 Å². The summed E-state index contributed by atoms with van der Waals surface area (Å²) in [6, 6.07) is 11.4. The Morgan fingerprint density at radius 2 is 2.10 bits per heavy atom. The summed E-state index contributed by atoms with van der Waals surface area (Å²) in [6.45, 7) is 4.53. The van der Waals surface area contributed by atoms with Gasteiger partial charge in [-0.15, -0.1) is 0 Å². The van der Waals surface area contributed by atoms with Crippen LogP contribution in [0.3, 0.4) is 0 Å². The summed E-state index contributed by atoms with van der Waals surface area (Å²) in [7, 11) is 2.23. The van der Waals surface area contributed by atoms with Crippen molar-refractivity contribution < 1.29 is 4.42 Å². The van der Waals surface area contributed by atoms with Gasteiger partial charge in [0.2, 0.25) is 0 Å². The fourth-order valence-electron chi connectivity index (χ4n) is 3.13. The van der Waals surface area contributed by atoms with Gasteiger partial charge in [-0.3, -0.25) is 4.90 Å². The van der Waals surface area contributed by atoms with Crippen LogP contribution in [0.15, 0.2) is 34.7 Å². The van der Waals surface area contributed by atoms with Crippen LogP contribution in [0.25, 0.3) is 11.0 Å². The van der Waals surface area contributed by atoms with E-state index in [1.807, 2.05) is 12.1 Å². The fourth-order valence-corrected chi connectivity index (χ4v) is 3.13. The minimum atomic E-state index is 0.325. The molecule has 1 fully saturated rings. The summed E-state index contributed by atoms with van der Waals surface area (Å²) < 4.78 is 6.02. The molecule has 3 nitrogen and oxygen atoms in total. The summed E-state index contributed by atoms with van der Waals surface area (Å²) in [5.74, 6) is 1.07. The molecule has 0 bridgehead atoms. The van der Waals surface area contributed by atoms with Crippen molar-refractivity contribution in [3.63, 3.8) is 0 Å². The van der Waals surface area contributed by atoms with Gasteiger partial charge in [-0.1, -0.05) is 18.2 Å². The maximum atomic E-state index is 6.02. The number of nitrogens with one attached hydrogen (secondary N) is 1. The van der Waals surface area contributed by atoms with Crippen molar-refractivity contribution >= 4 is 11.0 Å². The molecule has 1 aliphatic rings. The number of rotatable bonds is 3. The van der Waals surface area contributed by atoms with E-state index in [-0.39, 0.29) is 0 Å². The maximum Gasteiger partial charge on any atom is 0.134 e. The van der Waals surface area contributed by atoms with Crippen LogP contribution in [-0.2, 0) is 0 Å². The Kier molecular flexibility index (Phi) is 4.08. The van der Waals surface area contributed by atoms with Crippen LogP contribution >= 0.6 is 0 Å². The number of furan rings is 1. The van der Waals surface area contributed by atoms with Crippen molar-refractivity contribution in [3.8, 4) is 0 Å². The summed E-state index contributed by atoms with van der Waals surface area (Å²) in [6.07, 6.45) is 3.76. The molecule has 0 aliphatic carbocycles. The van der Waals surface area contributed by atoms with E-state index >= 15 is 0 Å². The summed E-state index contributed by atoms with van der Waals surface area (Å²) in [5.41, 5.74) is 0.991. The average molecular weight is 272 g/mol. The predicted molar refractivity (Wildman–Crippen MR) is 82.9 cm³/mol. The zero-order valence-electron chi connectivity index (χ0n) is 12.4. The number of hydrogen-bond donors (Lipinski definition) is 1. The molecular formula is C17H24N2O. The van der Waals surface area contributed by atoms with E-state index in [4.69, 9.17) is 4.42 Å². The van der Waals surface area contributed by atoms with Crippen molar-refractivity contribution in [2.75, 3.05) is 20.1 Å². The minimum absolute atomic E-state index is 0.325. The van der Waals surface area contributed by atoms with Gasteiger partial charge in [-0.2, -0.15) is 0 Å². The van der Waals surface area contributed by atoms with Crippen LogP contribution in [-0.4, -0.2) is 31.1 Å². The molecule has 1 aliphatic heterocycles. The van der Waals surface area contributed by atoms with E-state index in [0.29, 0.717) is 12.1 Å². The lowest BCUT2D eigenvalue weighted by Crippen LogP contribution is -2.34. The molecule has 3 rings (SSSR count). The van der Waals surface area contributed by atoms with Gasteiger partial charge in [0.15, 0.2) is 0 Å². The third-order valence-corrected chi connectivity index (χ3v) is 4.59. The molecule has 2 aromatic rings. The largest absolute Gasteiger partial charge is 0.459 e. The number of para-hydroxylation sites is 1. The lowest BCUT2D eigenvalue weighted by molar-refractivity contribution is 0.155. The first-order valence-electron chi connectivity index (χ1n) is 7.67. The second-order valence-corrected chi connectivity index (χ2v) is 5.86. The number of hydrogen-bond acceptors (Lipinski definition) is 3. The fraction of sp³-hybridized carbons (Fsp3) is 0.529. The average Bonchev–Trinajstić information content (AvgIpc) is 2.72. The molecule has 1 N–H and O–H groups in total. The molecule has 1 aromatic heterocycles. The Bertz CT molecular complexity index is 522. The van der Waals surface area contributed by atoms with E-state index in [0.717, 1.165) is 24.4 Å². The highest BCUT2D eigenvalue weighted by Crippen LogP contribution is 2.29. The second-order valence-electron chi connectivity index (χ2n) is 5.86. The van der Waals surface area contributed by atoms with Crippen LogP contribution in [0.5, 0.6) is 0 Å². The Morgan fingerprint density at radius 1 is 1.25 bits per heavy atom. The van der Waals surface area contributed by atoms with Gasteiger partial charge >= 0.3 is 0 Å². The lowest BCUT2D eigenvalue weighted by Gasteiger charge is -2.31. The van der Waals surface area contributed by atoms with Gasteiger partial charge in [0.1, 0.15) is 11.3 Å². The van der Waals surface area contributed by atoms with Crippen molar-refractivity contribution in [1.82, 2.24) is 10.2 Å². The predicted octanol–water partition coefficient (Wildman–Crippen LogP) is 3.57. The molecular weight excluding hydrogens is 248 g/mol. The molecule has 1 aromatic carbocycles. The first-order valence-corrected chi connectivity index (χ1v) is 7.67. The van der Waals surface area contributed by atoms with Gasteiger partial charge < -0.3 is 9.73 Å². The highest BCUT2D eigenvalue weighted by molar-refractivity contribution is 5.77. The second kappa shape index (κ2) is 5.98. The van der Waals surface area contributed by atoms with Crippen LogP contribution < -0.4 is 5.32 Å². The van der Waals surface area contributed by atoms with Crippen LogP contribution in [0.1, 0.15) is 38.0 Å². The van der Waals surface area contributed by atoms with E-state index in [1.54, 1.807) is 0 Å². The molecule has 2 unspecified atom stereocenters. The molecule has 0 radical (unpaired) electrons. The monoisotopic (exact) mass is 272 g/mol. The Hall–Kier alpha value is -1.32. The topological polar surface area (TPSA) is 28.4 Å². The zero-order chi connectivity index (χ0) is 13.9. The number of nitrogens with zero attached hydrogens (tertiary/aromatic N) is 1. The molecule has 2 atom stereocenters. The van der Waals surface area contributed by atoms with Crippen molar-refractivity contribution in [2.45, 2.75) is 38.3 Å². The van der Waals surface area contributed by atoms with Gasteiger partial charge in [-0.05, 0) is 58.5 Å². The summed E-state index contributed by atoms with van der Waals surface area (Å²) >= 11 is 0. The molecule has 3 heteroatoms. The van der Waals surface area contributed by atoms with Crippen LogP contribution in [0.2, 0.25) is 0 Å². The third kappa shape index (κ3) is 2.74. The summed E-state index contributed by atoms with van der Waals surface area (Å²) in [4.78, 5) is 2.48. The highest BCUT2D eigenvalue weighted by Gasteiger charge is 2.24. The summed E-state index contributed by atoms with van der Waals surface area (Å²) in [5, 5.41) is 4.68. The van der Waals surface area contributed by atoms with Crippen molar-refractivity contribution in [1.29, 1.82) is 0 Å². The lowest BCUT2D eigenvalue weighted by atomic mass is 10.1. The first-order chi connectivity index (χ1) is 9.75. The Labute approximate surface area is 120 Å². The first kappa shape index (κ1) is 13.7. The minimum Gasteiger partial charge on any atom is -0.459 e. The van der Waals surface area contributed by atoms with Gasteiger partial charge in [-0.25, -0.2) is 0 Å². The zero-order valence-corrected chi connectivity index (χ0v) is 12.4. The Balaban J connectivity index is 1.77. The molecule has 108 valence electrons. The van der Waals surface area contributed by atoms with Gasteiger partial charge in [0, 0.05) is 11.4 Å². The quantitative estimate of drug-likeness (QED) is 0.926.